The Morgan fingerprint density at radius 1 is 1.27 bits per heavy atom. The molecule has 2 amide bonds. The molecule has 1 rings (SSSR count). The average molecular weight is 210 g/mol. The minimum Gasteiger partial charge on any atom is -0.304 e. The highest BCUT2D eigenvalue weighted by Gasteiger charge is 2.19. The molecule has 0 saturated heterocycles. The summed E-state index contributed by atoms with van der Waals surface area (Å²) in [6.45, 7) is 7.27. The molecule has 1 aliphatic heterocycles. The molecule has 0 spiro atoms. The largest absolute Gasteiger partial charge is 0.304 e. The maximum atomic E-state index is 11.2. The number of carbonyl (C=O) groups excluding carboxylic acids is 2. The van der Waals surface area contributed by atoms with E-state index in [-0.39, 0.29) is 11.8 Å². The first kappa shape index (κ1) is 11.9. The first-order valence-electron chi connectivity index (χ1n) is 5.45. The standard InChI is InChI=1S/C11H18N2O2/c1-3-13(4-2)7-5-6-9-8-10(14)12-11(9)15/h8H,3-7H2,1-2H3,(H,12,14,15). The fourth-order valence-electron chi connectivity index (χ4n) is 1.67. The molecule has 0 radical (unpaired) electrons. The van der Waals surface area contributed by atoms with Crippen molar-refractivity contribution in [1.82, 2.24) is 10.2 Å². The average Bonchev–Trinajstić information content (AvgIpc) is 2.52. The molecule has 0 atom stereocenters. The third kappa shape index (κ3) is 3.47. The summed E-state index contributed by atoms with van der Waals surface area (Å²) in [6.07, 6.45) is 3.02. The van der Waals surface area contributed by atoms with Gasteiger partial charge in [0.25, 0.3) is 11.8 Å². The van der Waals surface area contributed by atoms with Gasteiger partial charge in [0.1, 0.15) is 0 Å². The second-order valence-electron chi connectivity index (χ2n) is 3.62. The zero-order valence-electron chi connectivity index (χ0n) is 9.38. The maximum absolute atomic E-state index is 11.2. The lowest BCUT2D eigenvalue weighted by atomic mass is 10.1. The zero-order valence-corrected chi connectivity index (χ0v) is 9.38. The van der Waals surface area contributed by atoms with E-state index in [0.29, 0.717) is 12.0 Å². The first-order valence-corrected chi connectivity index (χ1v) is 5.45. The normalized spacial score (nSPS) is 15.8. The molecule has 0 aliphatic carbocycles. The van der Waals surface area contributed by atoms with Gasteiger partial charge in [-0.15, -0.1) is 0 Å². The zero-order chi connectivity index (χ0) is 11.3. The van der Waals surface area contributed by atoms with E-state index < -0.39 is 0 Å². The van der Waals surface area contributed by atoms with Crippen molar-refractivity contribution in [1.29, 1.82) is 0 Å². The van der Waals surface area contributed by atoms with Crippen LogP contribution in [-0.2, 0) is 9.59 Å². The van der Waals surface area contributed by atoms with E-state index in [4.69, 9.17) is 0 Å². The van der Waals surface area contributed by atoms with Gasteiger partial charge in [0, 0.05) is 11.6 Å². The number of hydrogen-bond donors (Lipinski definition) is 1. The Bertz CT molecular complexity index is 280. The SMILES string of the molecule is CCN(CC)CCCC1=CC(=O)NC1=O. The highest BCUT2D eigenvalue weighted by atomic mass is 16.2. The molecule has 0 fully saturated rings. The van der Waals surface area contributed by atoms with E-state index in [2.05, 4.69) is 24.1 Å². The number of carbonyl (C=O) groups is 2. The summed E-state index contributed by atoms with van der Waals surface area (Å²) in [7, 11) is 0. The third-order valence-electron chi connectivity index (χ3n) is 2.65. The minimum atomic E-state index is -0.280. The molecular formula is C11H18N2O2. The number of imide groups is 1. The van der Waals surface area contributed by atoms with Crippen LogP contribution in [-0.4, -0.2) is 36.3 Å². The third-order valence-corrected chi connectivity index (χ3v) is 2.65. The summed E-state index contributed by atoms with van der Waals surface area (Å²) in [4.78, 5) is 24.3. The van der Waals surface area contributed by atoms with E-state index in [1.54, 1.807) is 0 Å². The lowest BCUT2D eigenvalue weighted by molar-refractivity contribution is -0.123. The fourth-order valence-corrected chi connectivity index (χ4v) is 1.67. The van der Waals surface area contributed by atoms with Gasteiger partial charge in [0.2, 0.25) is 0 Å². The van der Waals surface area contributed by atoms with Gasteiger partial charge in [-0.05, 0) is 32.5 Å². The Morgan fingerprint density at radius 2 is 1.93 bits per heavy atom. The van der Waals surface area contributed by atoms with Crippen molar-refractivity contribution in [2.24, 2.45) is 0 Å². The number of nitrogens with one attached hydrogen (secondary N) is 1. The predicted octanol–water partition coefficient (Wildman–Crippen LogP) is 0.691. The Labute approximate surface area is 90.3 Å². The number of nitrogens with zero attached hydrogens (tertiary/aromatic N) is 1. The van der Waals surface area contributed by atoms with E-state index in [0.717, 1.165) is 26.1 Å². The molecule has 0 unspecified atom stereocenters. The number of amides is 2. The van der Waals surface area contributed by atoms with E-state index in [9.17, 15) is 9.59 Å². The lowest BCUT2D eigenvalue weighted by Gasteiger charge is -2.17. The summed E-state index contributed by atoms with van der Waals surface area (Å²) in [5.41, 5.74) is 0.618. The van der Waals surface area contributed by atoms with Gasteiger partial charge in [0.15, 0.2) is 0 Å². The molecule has 15 heavy (non-hydrogen) atoms. The Kier molecular flexibility index (Phi) is 4.49. The quantitative estimate of drug-likeness (QED) is 0.656. The molecule has 0 aromatic heterocycles. The van der Waals surface area contributed by atoms with Crippen LogP contribution in [0.15, 0.2) is 11.6 Å². The molecule has 1 aliphatic rings. The highest BCUT2D eigenvalue weighted by Crippen LogP contribution is 2.10. The summed E-state index contributed by atoms with van der Waals surface area (Å²) in [6, 6.07) is 0. The lowest BCUT2D eigenvalue weighted by Crippen LogP contribution is -2.25. The van der Waals surface area contributed by atoms with E-state index in [1.165, 1.54) is 6.08 Å². The topological polar surface area (TPSA) is 49.4 Å². The molecule has 0 bridgehead atoms. The second kappa shape index (κ2) is 5.66. The molecule has 84 valence electrons. The minimum absolute atomic E-state index is 0.223. The Morgan fingerprint density at radius 3 is 2.40 bits per heavy atom. The summed E-state index contributed by atoms with van der Waals surface area (Å²) >= 11 is 0. The molecular weight excluding hydrogens is 192 g/mol. The molecule has 1 N–H and O–H groups in total. The molecule has 0 aromatic carbocycles. The second-order valence-corrected chi connectivity index (χ2v) is 3.62. The highest BCUT2D eigenvalue weighted by molar-refractivity contribution is 6.16. The van der Waals surface area contributed by atoms with Gasteiger partial charge in [-0.1, -0.05) is 13.8 Å². The van der Waals surface area contributed by atoms with Crippen LogP contribution >= 0.6 is 0 Å². The van der Waals surface area contributed by atoms with Crippen molar-refractivity contribution in [2.75, 3.05) is 19.6 Å². The van der Waals surface area contributed by atoms with Crippen LogP contribution in [0.3, 0.4) is 0 Å². The summed E-state index contributed by atoms with van der Waals surface area (Å²) < 4.78 is 0. The predicted molar refractivity (Wildman–Crippen MR) is 58.3 cm³/mol. The van der Waals surface area contributed by atoms with Crippen LogP contribution in [0.2, 0.25) is 0 Å². The van der Waals surface area contributed by atoms with E-state index in [1.807, 2.05) is 0 Å². The Balaban J connectivity index is 2.29. The number of hydrogen-bond acceptors (Lipinski definition) is 3. The first-order chi connectivity index (χ1) is 7.17. The molecule has 0 saturated carbocycles. The number of rotatable bonds is 6. The van der Waals surface area contributed by atoms with Crippen LogP contribution in [0.1, 0.15) is 26.7 Å². The fraction of sp³-hybridized carbons (Fsp3) is 0.636. The van der Waals surface area contributed by atoms with Gasteiger partial charge in [-0.3, -0.25) is 14.9 Å². The van der Waals surface area contributed by atoms with Gasteiger partial charge in [-0.2, -0.15) is 0 Å². The van der Waals surface area contributed by atoms with Gasteiger partial charge >= 0.3 is 0 Å². The monoisotopic (exact) mass is 210 g/mol. The molecule has 4 heteroatoms. The maximum Gasteiger partial charge on any atom is 0.254 e. The van der Waals surface area contributed by atoms with Crippen LogP contribution in [0.4, 0.5) is 0 Å². The van der Waals surface area contributed by atoms with Gasteiger partial charge in [0.05, 0.1) is 0 Å². The van der Waals surface area contributed by atoms with Crippen LogP contribution < -0.4 is 5.32 Å². The van der Waals surface area contributed by atoms with Crippen molar-refractivity contribution in [3.63, 3.8) is 0 Å². The Hall–Kier alpha value is -1.16. The molecule has 1 heterocycles. The van der Waals surface area contributed by atoms with Crippen molar-refractivity contribution in [2.45, 2.75) is 26.7 Å². The van der Waals surface area contributed by atoms with Gasteiger partial charge < -0.3 is 4.90 Å². The summed E-state index contributed by atoms with van der Waals surface area (Å²) in [5, 5.41) is 2.25. The van der Waals surface area contributed by atoms with E-state index >= 15 is 0 Å². The van der Waals surface area contributed by atoms with Crippen LogP contribution in [0.25, 0.3) is 0 Å². The van der Waals surface area contributed by atoms with Crippen molar-refractivity contribution in [3.05, 3.63) is 11.6 Å². The van der Waals surface area contributed by atoms with Crippen molar-refractivity contribution in [3.8, 4) is 0 Å². The van der Waals surface area contributed by atoms with Crippen LogP contribution in [0, 0.1) is 0 Å². The molecule has 0 aromatic rings. The molecule has 4 nitrogen and oxygen atoms in total. The summed E-state index contributed by atoms with van der Waals surface area (Å²) in [5.74, 6) is -0.502. The van der Waals surface area contributed by atoms with Crippen molar-refractivity contribution >= 4 is 11.8 Å². The van der Waals surface area contributed by atoms with Crippen LogP contribution in [0.5, 0.6) is 0 Å². The smallest absolute Gasteiger partial charge is 0.254 e. The van der Waals surface area contributed by atoms with Crippen molar-refractivity contribution < 1.29 is 9.59 Å². The van der Waals surface area contributed by atoms with Gasteiger partial charge in [-0.25, -0.2) is 0 Å².